The predicted octanol–water partition coefficient (Wildman–Crippen LogP) is 4.93. The first-order valence-electron chi connectivity index (χ1n) is 10.4. The molecule has 0 heterocycles. The smallest absolute Gasteiger partial charge is 0.305 e. The van der Waals surface area contributed by atoms with Crippen LogP contribution in [0.25, 0.3) is 0 Å². The van der Waals surface area contributed by atoms with E-state index in [9.17, 15) is 14.7 Å². The third kappa shape index (κ3) is 15.2. The number of aliphatic hydroxyl groups is 1. The first-order chi connectivity index (χ1) is 12.5. The zero-order valence-electron chi connectivity index (χ0n) is 17.1. The van der Waals surface area contributed by atoms with Crippen LogP contribution in [0.15, 0.2) is 0 Å². The number of esters is 2. The van der Waals surface area contributed by atoms with Crippen LogP contribution < -0.4 is 0 Å². The van der Waals surface area contributed by atoms with E-state index in [-0.39, 0.29) is 11.9 Å². The van der Waals surface area contributed by atoms with Gasteiger partial charge in [0.25, 0.3) is 0 Å². The summed E-state index contributed by atoms with van der Waals surface area (Å²) in [5, 5.41) is 10.4. The van der Waals surface area contributed by atoms with Crippen molar-refractivity contribution in [1.29, 1.82) is 0 Å². The number of rotatable bonds is 17. The molecule has 2 atom stereocenters. The van der Waals surface area contributed by atoms with E-state index in [2.05, 4.69) is 11.7 Å². The monoisotopic (exact) mass is 372 g/mol. The van der Waals surface area contributed by atoms with Crippen molar-refractivity contribution in [2.75, 3.05) is 7.11 Å². The predicted molar refractivity (Wildman–Crippen MR) is 104 cm³/mol. The molecule has 0 saturated heterocycles. The highest BCUT2D eigenvalue weighted by molar-refractivity contribution is 5.68. The molecule has 5 heteroatoms. The highest BCUT2D eigenvalue weighted by Crippen LogP contribution is 2.18. The lowest BCUT2D eigenvalue weighted by molar-refractivity contribution is -0.153. The molecule has 1 N–H and O–H groups in total. The molecule has 0 rings (SSSR count). The van der Waals surface area contributed by atoms with E-state index in [1.54, 1.807) is 0 Å². The van der Waals surface area contributed by atoms with Crippen LogP contribution in [0.4, 0.5) is 0 Å². The molecule has 0 aromatic heterocycles. The molecule has 5 nitrogen and oxygen atoms in total. The second kappa shape index (κ2) is 17.3. The third-order valence-corrected chi connectivity index (χ3v) is 4.70. The Morgan fingerprint density at radius 1 is 0.846 bits per heavy atom. The molecule has 0 bridgehead atoms. The van der Waals surface area contributed by atoms with Crippen molar-refractivity contribution in [1.82, 2.24) is 0 Å². The van der Waals surface area contributed by atoms with Gasteiger partial charge < -0.3 is 14.6 Å². The molecular weight excluding hydrogens is 332 g/mol. The van der Waals surface area contributed by atoms with E-state index in [1.165, 1.54) is 39.7 Å². The minimum absolute atomic E-state index is 0.155. The average Bonchev–Trinajstić information content (AvgIpc) is 2.61. The van der Waals surface area contributed by atoms with Crippen LogP contribution in [0, 0.1) is 0 Å². The van der Waals surface area contributed by atoms with Gasteiger partial charge in [-0.05, 0) is 25.7 Å². The van der Waals surface area contributed by atoms with Crippen molar-refractivity contribution in [2.24, 2.45) is 0 Å². The van der Waals surface area contributed by atoms with Gasteiger partial charge in [-0.25, -0.2) is 0 Å². The number of ether oxygens (including phenoxy) is 2. The lowest BCUT2D eigenvalue weighted by atomic mass is 9.99. The molecule has 2 unspecified atom stereocenters. The molecule has 0 aliphatic rings. The van der Waals surface area contributed by atoms with Gasteiger partial charge in [0.2, 0.25) is 0 Å². The molecule has 0 saturated carbocycles. The summed E-state index contributed by atoms with van der Waals surface area (Å²) in [4.78, 5) is 22.3. The molecule has 0 aromatic carbocycles. The fourth-order valence-electron chi connectivity index (χ4n) is 3.11. The van der Waals surface area contributed by atoms with Crippen molar-refractivity contribution in [3.05, 3.63) is 0 Å². The highest BCUT2D eigenvalue weighted by atomic mass is 16.6. The Labute approximate surface area is 159 Å². The quantitative estimate of drug-likeness (QED) is 0.289. The van der Waals surface area contributed by atoms with Gasteiger partial charge in [0.15, 0.2) is 0 Å². The van der Waals surface area contributed by atoms with Gasteiger partial charge in [-0.15, -0.1) is 0 Å². The van der Waals surface area contributed by atoms with Gasteiger partial charge in [0.1, 0.15) is 6.10 Å². The Bertz CT molecular complexity index is 356. The summed E-state index contributed by atoms with van der Waals surface area (Å²) < 4.78 is 9.95. The Kier molecular flexibility index (Phi) is 16.6. The maximum atomic E-state index is 11.3. The van der Waals surface area contributed by atoms with Gasteiger partial charge in [-0.3, -0.25) is 9.59 Å². The second-order valence-electron chi connectivity index (χ2n) is 7.15. The Morgan fingerprint density at radius 3 is 1.96 bits per heavy atom. The molecule has 154 valence electrons. The van der Waals surface area contributed by atoms with Crippen LogP contribution in [0.1, 0.15) is 104 Å². The molecule has 0 fully saturated rings. The average molecular weight is 373 g/mol. The first kappa shape index (κ1) is 24.9. The Morgan fingerprint density at radius 2 is 1.38 bits per heavy atom. The first-order valence-corrected chi connectivity index (χ1v) is 10.4. The van der Waals surface area contributed by atoms with Gasteiger partial charge in [-0.2, -0.15) is 0 Å². The maximum absolute atomic E-state index is 11.3. The van der Waals surface area contributed by atoms with Crippen LogP contribution in [-0.2, 0) is 19.1 Å². The largest absolute Gasteiger partial charge is 0.469 e. The van der Waals surface area contributed by atoms with Gasteiger partial charge in [0, 0.05) is 13.3 Å². The third-order valence-electron chi connectivity index (χ3n) is 4.70. The van der Waals surface area contributed by atoms with Crippen molar-refractivity contribution in [2.45, 2.75) is 116 Å². The fourth-order valence-corrected chi connectivity index (χ4v) is 3.11. The van der Waals surface area contributed by atoms with Crippen molar-refractivity contribution < 1.29 is 24.2 Å². The minimum Gasteiger partial charge on any atom is -0.469 e. The normalized spacial score (nSPS) is 13.2. The van der Waals surface area contributed by atoms with Crippen LogP contribution >= 0.6 is 0 Å². The topological polar surface area (TPSA) is 72.8 Å². The van der Waals surface area contributed by atoms with E-state index >= 15 is 0 Å². The number of methoxy groups -OCH3 is 1. The van der Waals surface area contributed by atoms with Crippen LogP contribution in [0.2, 0.25) is 0 Å². The summed E-state index contributed by atoms with van der Waals surface area (Å²) in [5.41, 5.74) is 0. The van der Waals surface area contributed by atoms with E-state index in [0.717, 1.165) is 44.9 Å². The minimum atomic E-state index is -0.565. The SMILES string of the molecule is CCCCCCCCC(O)C(CCCCCCCC(=O)OC)OC(C)=O. The highest BCUT2D eigenvalue weighted by Gasteiger charge is 2.21. The molecule has 0 spiro atoms. The molecule has 0 radical (unpaired) electrons. The summed E-state index contributed by atoms with van der Waals surface area (Å²) >= 11 is 0. The Hall–Kier alpha value is -1.10. The van der Waals surface area contributed by atoms with E-state index in [4.69, 9.17) is 4.74 Å². The molecule has 0 aromatic rings. The summed E-state index contributed by atoms with van der Waals surface area (Å²) in [7, 11) is 1.41. The van der Waals surface area contributed by atoms with Crippen molar-refractivity contribution in [3.8, 4) is 0 Å². The maximum Gasteiger partial charge on any atom is 0.305 e. The molecule has 0 aliphatic carbocycles. The van der Waals surface area contributed by atoms with Gasteiger partial charge in [-0.1, -0.05) is 64.7 Å². The fraction of sp³-hybridized carbons (Fsp3) is 0.905. The number of hydrogen-bond acceptors (Lipinski definition) is 5. The van der Waals surface area contributed by atoms with Crippen LogP contribution in [-0.4, -0.2) is 36.4 Å². The number of aliphatic hydroxyl groups excluding tert-OH is 1. The molecule has 26 heavy (non-hydrogen) atoms. The zero-order chi connectivity index (χ0) is 19.6. The number of carbonyl (C=O) groups is 2. The summed E-state index contributed by atoms with van der Waals surface area (Å²) in [6.45, 7) is 3.60. The van der Waals surface area contributed by atoms with Gasteiger partial charge in [0.05, 0.1) is 13.2 Å². The standard InChI is InChI=1S/C21H40O5/c1-4-5-6-7-9-12-15-19(23)20(26-18(2)22)16-13-10-8-11-14-17-21(24)25-3/h19-20,23H,4-17H2,1-3H3. The Balaban J connectivity index is 3.89. The van der Waals surface area contributed by atoms with Crippen molar-refractivity contribution >= 4 is 11.9 Å². The van der Waals surface area contributed by atoms with Crippen LogP contribution in [0.3, 0.4) is 0 Å². The zero-order valence-corrected chi connectivity index (χ0v) is 17.1. The summed E-state index contributed by atoms with van der Waals surface area (Å²) in [5.74, 6) is -0.479. The number of hydrogen-bond donors (Lipinski definition) is 1. The second-order valence-corrected chi connectivity index (χ2v) is 7.15. The van der Waals surface area contributed by atoms with E-state index in [0.29, 0.717) is 19.3 Å². The van der Waals surface area contributed by atoms with Crippen LogP contribution in [0.5, 0.6) is 0 Å². The summed E-state index contributed by atoms with van der Waals surface area (Å²) in [6.07, 6.45) is 12.8. The lowest BCUT2D eigenvalue weighted by Crippen LogP contribution is -2.30. The number of unbranched alkanes of at least 4 members (excludes halogenated alkanes) is 9. The van der Waals surface area contributed by atoms with Gasteiger partial charge >= 0.3 is 11.9 Å². The molecule has 0 amide bonds. The van der Waals surface area contributed by atoms with E-state index in [1.807, 2.05) is 0 Å². The summed E-state index contributed by atoms with van der Waals surface area (Å²) in [6, 6.07) is 0. The van der Waals surface area contributed by atoms with Crippen molar-refractivity contribution in [3.63, 3.8) is 0 Å². The lowest BCUT2D eigenvalue weighted by Gasteiger charge is -2.22. The number of carbonyl (C=O) groups excluding carboxylic acids is 2. The molecule has 0 aliphatic heterocycles. The molecular formula is C21H40O5. The van der Waals surface area contributed by atoms with E-state index < -0.39 is 12.2 Å².